The van der Waals surface area contributed by atoms with Crippen LogP contribution in [0.15, 0.2) is 12.5 Å². The van der Waals surface area contributed by atoms with Crippen LogP contribution in [0.25, 0.3) is 0 Å². The minimum atomic E-state index is -1.12. The highest BCUT2D eigenvalue weighted by molar-refractivity contribution is 5.82. The van der Waals surface area contributed by atoms with Gasteiger partial charge < -0.3 is 30.2 Å². The molecule has 21 heavy (non-hydrogen) atoms. The number of carbonyl (C=O) groups is 2. The van der Waals surface area contributed by atoms with Crippen LogP contribution < -0.4 is 5.32 Å². The normalized spacial score (nSPS) is 20.0. The molecule has 2 amide bonds. The van der Waals surface area contributed by atoms with Gasteiger partial charge in [0.15, 0.2) is 0 Å². The van der Waals surface area contributed by atoms with E-state index >= 15 is 0 Å². The van der Waals surface area contributed by atoms with Gasteiger partial charge in [0.25, 0.3) is 0 Å². The number of rotatable bonds is 5. The summed E-state index contributed by atoms with van der Waals surface area (Å²) >= 11 is 0. The fraction of sp³-hybridized carbons (Fsp3) is 0.583. The molecule has 9 nitrogen and oxygen atoms in total. The molecule has 0 bridgehead atoms. The van der Waals surface area contributed by atoms with Crippen LogP contribution >= 0.6 is 0 Å². The van der Waals surface area contributed by atoms with E-state index < -0.39 is 24.1 Å². The Kier molecular flexibility index (Phi) is 5.12. The molecule has 1 saturated heterocycles. The maximum atomic E-state index is 12.1. The number of urea groups is 1. The summed E-state index contributed by atoms with van der Waals surface area (Å²) in [7, 11) is 0. The molecule has 1 aliphatic rings. The van der Waals surface area contributed by atoms with Crippen molar-refractivity contribution in [2.75, 3.05) is 26.3 Å². The Morgan fingerprint density at radius 1 is 1.62 bits per heavy atom. The van der Waals surface area contributed by atoms with E-state index in [0.29, 0.717) is 18.8 Å². The van der Waals surface area contributed by atoms with Gasteiger partial charge in [-0.1, -0.05) is 0 Å². The highest BCUT2D eigenvalue weighted by Gasteiger charge is 2.27. The van der Waals surface area contributed by atoms with Crippen molar-refractivity contribution in [1.29, 1.82) is 0 Å². The molecule has 0 spiro atoms. The second-order valence-electron chi connectivity index (χ2n) is 4.74. The van der Waals surface area contributed by atoms with Gasteiger partial charge in [-0.25, -0.2) is 14.6 Å². The van der Waals surface area contributed by atoms with E-state index in [9.17, 15) is 14.7 Å². The number of aliphatic carboxylic acids is 1. The zero-order valence-electron chi connectivity index (χ0n) is 11.4. The summed E-state index contributed by atoms with van der Waals surface area (Å²) in [5.41, 5.74) is 0.623. The first kappa shape index (κ1) is 15.3. The number of imidazole rings is 1. The van der Waals surface area contributed by atoms with Gasteiger partial charge in [0.1, 0.15) is 6.04 Å². The van der Waals surface area contributed by atoms with Crippen molar-refractivity contribution in [2.45, 2.75) is 18.6 Å². The molecule has 2 heterocycles. The average Bonchev–Trinajstić information content (AvgIpc) is 2.99. The Morgan fingerprint density at radius 2 is 2.43 bits per heavy atom. The Hall–Kier alpha value is -2.13. The molecule has 0 radical (unpaired) electrons. The van der Waals surface area contributed by atoms with Gasteiger partial charge in [-0.3, -0.25) is 0 Å². The van der Waals surface area contributed by atoms with Gasteiger partial charge in [0, 0.05) is 24.9 Å². The van der Waals surface area contributed by atoms with Crippen LogP contribution in [-0.4, -0.2) is 75.5 Å². The standard InChI is InChI=1S/C12H18N4O5/c17-6-9-5-16(1-2-21-9)12(20)15-10(11(18)19)3-8-4-13-7-14-8/h4,7,9-10,17H,1-3,5-6H2,(H,13,14)(H,15,20)(H,18,19)/t9?,10-/m0/s1. The van der Waals surface area contributed by atoms with E-state index in [4.69, 9.17) is 9.84 Å². The summed E-state index contributed by atoms with van der Waals surface area (Å²) in [4.78, 5) is 31.4. The maximum absolute atomic E-state index is 12.1. The zero-order valence-corrected chi connectivity index (χ0v) is 11.4. The second kappa shape index (κ2) is 7.04. The number of amides is 2. The van der Waals surface area contributed by atoms with Crippen molar-refractivity contribution >= 4 is 12.0 Å². The van der Waals surface area contributed by atoms with Crippen molar-refractivity contribution in [3.05, 3.63) is 18.2 Å². The molecule has 1 unspecified atom stereocenters. The molecule has 2 rings (SSSR count). The molecule has 1 aromatic heterocycles. The third kappa shape index (κ3) is 4.17. The van der Waals surface area contributed by atoms with Crippen LogP contribution in [0, 0.1) is 0 Å². The number of aromatic amines is 1. The third-order valence-electron chi connectivity index (χ3n) is 3.20. The van der Waals surface area contributed by atoms with Crippen LogP contribution in [0.5, 0.6) is 0 Å². The number of aliphatic hydroxyl groups excluding tert-OH is 1. The van der Waals surface area contributed by atoms with Crippen LogP contribution in [0.4, 0.5) is 4.79 Å². The second-order valence-corrected chi connectivity index (χ2v) is 4.74. The number of carboxylic acid groups (broad SMARTS) is 1. The smallest absolute Gasteiger partial charge is 0.326 e. The number of ether oxygens (including phenoxy) is 1. The van der Waals surface area contributed by atoms with Gasteiger partial charge >= 0.3 is 12.0 Å². The predicted molar refractivity (Wildman–Crippen MR) is 70.6 cm³/mol. The lowest BCUT2D eigenvalue weighted by molar-refractivity contribution is -0.139. The van der Waals surface area contributed by atoms with E-state index in [-0.39, 0.29) is 19.6 Å². The summed E-state index contributed by atoms with van der Waals surface area (Å²) in [6.07, 6.45) is 2.65. The van der Waals surface area contributed by atoms with Crippen molar-refractivity contribution in [1.82, 2.24) is 20.2 Å². The van der Waals surface area contributed by atoms with Gasteiger partial charge in [-0.05, 0) is 0 Å². The Bertz CT molecular complexity index is 478. The lowest BCUT2D eigenvalue weighted by Crippen LogP contribution is -2.54. The van der Waals surface area contributed by atoms with Gasteiger partial charge in [0.05, 0.1) is 32.2 Å². The molecule has 1 aliphatic heterocycles. The predicted octanol–water partition coefficient (Wildman–Crippen LogP) is -1.19. The summed E-state index contributed by atoms with van der Waals surface area (Å²) in [5, 5.41) is 20.7. The first-order valence-electron chi connectivity index (χ1n) is 6.58. The number of H-pyrrole nitrogens is 1. The van der Waals surface area contributed by atoms with Gasteiger partial charge in [-0.2, -0.15) is 0 Å². The Labute approximate surface area is 120 Å². The summed E-state index contributed by atoms with van der Waals surface area (Å²) in [6, 6.07) is -1.53. The van der Waals surface area contributed by atoms with E-state index in [1.165, 1.54) is 17.4 Å². The number of aliphatic hydroxyl groups is 1. The number of hydrogen-bond donors (Lipinski definition) is 4. The average molecular weight is 298 g/mol. The molecule has 0 saturated carbocycles. The number of hydrogen-bond acceptors (Lipinski definition) is 5. The minimum absolute atomic E-state index is 0.120. The number of carboxylic acids is 1. The topological polar surface area (TPSA) is 128 Å². The van der Waals surface area contributed by atoms with Crippen molar-refractivity contribution < 1.29 is 24.5 Å². The van der Waals surface area contributed by atoms with E-state index in [2.05, 4.69) is 15.3 Å². The summed E-state index contributed by atoms with van der Waals surface area (Å²) in [6.45, 7) is 0.731. The fourth-order valence-electron chi connectivity index (χ4n) is 2.07. The largest absolute Gasteiger partial charge is 0.480 e. The number of nitrogens with one attached hydrogen (secondary N) is 2. The van der Waals surface area contributed by atoms with Crippen molar-refractivity contribution in [3.8, 4) is 0 Å². The lowest BCUT2D eigenvalue weighted by Gasteiger charge is -2.32. The van der Waals surface area contributed by atoms with Crippen LogP contribution in [0.2, 0.25) is 0 Å². The molecule has 9 heteroatoms. The van der Waals surface area contributed by atoms with Crippen LogP contribution in [-0.2, 0) is 16.0 Å². The molecular formula is C12H18N4O5. The van der Waals surface area contributed by atoms with Crippen molar-refractivity contribution in [2.24, 2.45) is 0 Å². The molecule has 0 aromatic carbocycles. The molecular weight excluding hydrogens is 280 g/mol. The summed E-state index contributed by atoms with van der Waals surface area (Å²) < 4.78 is 5.24. The fourth-order valence-corrected chi connectivity index (χ4v) is 2.07. The first-order chi connectivity index (χ1) is 10.1. The Balaban J connectivity index is 1.93. The molecule has 1 fully saturated rings. The van der Waals surface area contributed by atoms with E-state index in [1.54, 1.807) is 0 Å². The zero-order chi connectivity index (χ0) is 15.2. The van der Waals surface area contributed by atoms with Crippen LogP contribution in [0.1, 0.15) is 5.69 Å². The highest BCUT2D eigenvalue weighted by atomic mass is 16.5. The molecule has 4 N–H and O–H groups in total. The molecule has 1 aromatic rings. The van der Waals surface area contributed by atoms with E-state index in [1.807, 2.05) is 0 Å². The number of morpholine rings is 1. The molecule has 2 atom stereocenters. The Morgan fingerprint density at radius 3 is 3.05 bits per heavy atom. The van der Waals surface area contributed by atoms with E-state index in [0.717, 1.165) is 0 Å². The molecule has 116 valence electrons. The molecule has 0 aliphatic carbocycles. The SMILES string of the molecule is O=C(O)[C@H](Cc1cnc[nH]1)NC(=O)N1CCOC(CO)C1. The quantitative estimate of drug-likeness (QED) is 0.541. The lowest BCUT2D eigenvalue weighted by atomic mass is 10.1. The first-order valence-corrected chi connectivity index (χ1v) is 6.58. The van der Waals surface area contributed by atoms with Crippen LogP contribution in [0.3, 0.4) is 0 Å². The number of nitrogens with zero attached hydrogens (tertiary/aromatic N) is 2. The number of aromatic nitrogens is 2. The van der Waals surface area contributed by atoms with Gasteiger partial charge in [0.2, 0.25) is 0 Å². The van der Waals surface area contributed by atoms with Crippen molar-refractivity contribution in [3.63, 3.8) is 0 Å². The maximum Gasteiger partial charge on any atom is 0.326 e. The van der Waals surface area contributed by atoms with Gasteiger partial charge in [-0.15, -0.1) is 0 Å². The highest BCUT2D eigenvalue weighted by Crippen LogP contribution is 2.06. The minimum Gasteiger partial charge on any atom is -0.480 e. The monoisotopic (exact) mass is 298 g/mol. The third-order valence-corrected chi connectivity index (χ3v) is 3.20. The summed E-state index contributed by atoms with van der Waals surface area (Å²) in [5.74, 6) is -1.12. The number of carbonyl (C=O) groups excluding carboxylic acids is 1.